The minimum absolute atomic E-state index is 0. The Kier molecular flexibility index (Phi) is 7.07. The van der Waals surface area contributed by atoms with Gasteiger partial charge in [0.2, 0.25) is 0 Å². The predicted molar refractivity (Wildman–Crippen MR) is 199 cm³/mol. The van der Waals surface area contributed by atoms with Gasteiger partial charge in [0.1, 0.15) is 5.82 Å². The van der Waals surface area contributed by atoms with Crippen LogP contribution in [0.25, 0.3) is 77.1 Å². The number of rotatable bonds is 4. The van der Waals surface area contributed by atoms with Crippen molar-refractivity contribution in [1.29, 1.82) is 0 Å². The molecule has 0 aliphatic carbocycles. The second-order valence-corrected chi connectivity index (χ2v) is 12.6. The van der Waals surface area contributed by atoms with Gasteiger partial charge in [-0.05, 0) is 83.3 Å². The van der Waals surface area contributed by atoms with Crippen molar-refractivity contribution in [3.05, 3.63) is 157 Å². The minimum atomic E-state index is 0. The van der Waals surface area contributed by atoms with Gasteiger partial charge in [-0.3, -0.25) is 4.98 Å². The Balaban J connectivity index is 0.00000336. The Morgan fingerprint density at radius 3 is 2.16 bits per heavy atom. The SMILES string of the molecule is Cc1cccc(C)c1-c1ccc2c(c1)c1ccc(Oc3[c-]c4c(cc3)c3ccccc3n4-c3ccccn3)[c-]c1c1nc3ccccc3n21.[Pd+2]. The maximum atomic E-state index is 6.56. The molecular weight excluding hydrogens is 707 g/mol. The molecule has 0 radical (unpaired) electrons. The van der Waals surface area contributed by atoms with Crippen LogP contribution in [-0.2, 0) is 20.4 Å². The third kappa shape index (κ3) is 4.57. The van der Waals surface area contributed by atoms with E-state index in [1.807, 2.05) is 42.6 Å². The molecule has 0 aliphatic heterocycles. The first-order chi connectivity index (χ1) is 24.1. The summed E-state index contributed by atoms with van der Waals surface area (Å²) in [5.41, 5.74) is 10.9. The summed E-state index contributed by atoms with van der Waals surface area (Å²) in [6.07, 6.45) is 1.81. The van der Waals surface area contributed by atoms with Crippen LogP contribution in [0, 0.1) is 26.0 Å². The number of aromatic nitrogens is 4. The van der Waals surface area contributed by atoms with E-state index in [4.69, 9.17) is 9.72 Å². The molecule has 6 heteroatoms. The normalized spacial score (nSPS) is 11.6. The zero-order chi connectivity index (χ0) is 32.6. The quantitative estimate of drug-likeness (QED) is 0.103. The van der Waals surface area contributed by atoms with E-state index in [-0.39, 0.29) is 20.4 Å². The van der Waals surface area contributed by atoms with Gasteiger partial charge in [0.05, 0.1) is 16.7 Å². The van der Waals surface area contributed by atoms with E-state index in [1.165, 1.54) is 22.3 Å². The number of ether oxygens (including phenoxy) is 1. The van der Waals surface area contributed by atoms with Crippen LogP contribution in [0.5, 0.6) is 11.5 Å². The number of nitrogens with zero attached hydrogens (tertiary/aromatic N) is 4. The molecule has 0 fully saturated rings. The molecule has 240 valence electrons. The van der Waals surface area contributed by atoms with E-state index in [1.54, 1.807) is 0 Å². The average molecular weight is 735 g/mol. The molecule has 10 rings (SSSR count). The van der Waals surface area contributed by atoms with Crippen molar-refractivity contribution >= 4 is 60.2 Å². The van der Waals surface area contributed by atoms with Gasteiger partial charge in [-0.15, -0.1) is 29.7 Å². The van der Waals surface area contributed by atoms with Crippen LogP contribution in [-0.4, -0.2) is 18.9 Å². The molecule has 0 bridgehead atoms. The Labute approximate surface area is 302 Å². The van der Waals surface area contributed by atoms with Crippen LogP contribution < -0.4 is 4.74 Å². The van der Waals surface area contributed by atoms with Crippen molar-refractivity contribution in [2.75, 3.05) is 0 Å². The maximum absolute atomic E-state index is 6.56. The van der Waals surface area contributed by atoms with E-state index >= 15 is 0 Å². The van der Waals surface area contributed by atoms with Crippen molar-refractivity contribution in [2.24, 2.45) is 0 Å². The van der Waals surface area contributed by atoms with Gasteiger partial charge >= 0.3 is 20.4 Å². The summed E-state index contributed by atoms with van der Waals surface area (Å²) in [7, 11) is 0. The number of aryl methyl sites for hydroxylation is 2. The molecule has 4 aromatic heterocycles. The first kappa shape index (κ1) is 30.3. The summed E-state index contributed by atoms with van der Waals surface area (Å²) in [6.45, 7) is 4.36. The molecule has 50 heavy (non-hydrogen) atoms. The number of imidazole rings is 1. The third-order valence-corrected chi connectivity index (χ3v) is 9.66. The third-order valence-electron chi connectivity index (χ3n) is 9.66. The standard InChI is InChI=1S/C44H28N4O.Pd/c1-27-10-9-11-28(2)43(27)29-17-22-39-35(24-29)32-20-18-30(25-36(32)44-46-37-13-4-6-15-40(37)48(39)44)49-31-19-21-34-33-12-3-5-14-38(33)47(41(34)26-31)42-16-7-8-23-45-42;/h3-24H,1-2H3;/q-2;+2. The van der Waals surface area contributed by atoms with Crippen LogP contribution in [0.2, 0.25) is 0 Å². The second kappa shape index (κ2) is 11.7. The van der Waals surface area contributed by atoms with Crippen LogP contribution in [0.4, 0.5) is 0 Å². The predicted octanol–water partition coefficient (Wildman–Crippen LogP) is 11.0. The minimum Gasteiger partial charge on any atom is -0.503 e. The Morgan fingerprint density at radius 1 is 0.600 bits per heavy atom. The summed E-state index contributed by atoms with van der Waals surface area (Å²) in [5, 5.41) is 5.36. The fourth-order valence-electron chi connectivity index (χ4n) is 7.52. The molecule has 0 saturated heterocycles. The zero-order valence-electron chi connectivity index (χ0n) is 27.2. The largest absolute Gasteiger partial charge is 2.00 e. The first-order valence-corrected chi connectivity index (χ1v) is 16.4. The second-order valence-electron chi connectivity index (χ2n) is 12.6. The van der Waals surface area contributed by atoms with Crippen molar-refractivity contribution in [1.82, 2.24) is 18.9 Å². The summed E-state index contributed by atoms with van der Waals surface area (Å²) >= 11 is 0. The number of benzene rings is 6. The van der Waals surface area contributed by atoms with Gasteiger partial charge in [-0.25, -0.2) is 4.98 Å². The molecule has 10 aromatic rings. The molecule has 0 amide bonds. The monoisotopic (exact) mass is 734 g/mol. The number of hydrogen-bond donors (Lipinski definition) is 0. The number of fused-ring (bicyclic) bond motifs is 11. The summed E-state index contributed by atoms with van der Waals surface area (Å²) in [6, 6.07) is 51.3. The summed E-state index contributed by atoms with van der Waals surface area (Å²) in [4.78, 5) is 9.78. The molecule has 0 unspecified atom stereocenters. The topological polar surface area (TPSA) is 44.3 Å². The Morgan fingerprint density at radius 2 is 1.34 bits per heavy atom. The molecule has 0 N–H and O–H groups in total. The fraction of sp³-hybridized carbons (Fsp3) is 0.0455. The zero-order valence-corrected chi connectivity index (χ0v) is 28.8. The van der Waals surface area contributed by atoms with Gasteiger partial charge in [-0.1, -0.05) is 89.1 Å². The molecule has 0 atom stereocenters. The van der Waals surface area contributed by atoms with Gasteiger partial charge < -0.3 is 13.7 Å². The van der Waals surface area contributed by atoms with Crippen molar-refractivity contribution in [3.8, 4) is 28.4 Å². The van der Waals surface area contributed by atoms with Crippen LogP contribution in [0.15, 0.2) is 134 Å². The van der Waals surface area contributed by atoms with E-state index in [0.717, 1.165) is 66.0 Å². The Bertz CT molecular complexity index is 2920. The van der Waals surface area contributed by atoms with E-state index in [2.05, 4.69) is 131 Å². The van der Waals surface area contributed by atoms with Crippen molar-refractivity contribution in [2.45, 2.75) is 13.8 Å². The van der Waals surface area contributed by atoms with Crippen LogP contribution in [0.1, 0.15) is 11.1 Å². The molecular formula is C44H28N4OPd. The van der Waals surface area contributed by atoms with Gasteiger partial charge in [0.15, 0.2) is 0 Å². The van der Waals surface area contributed by atoms with E-state index in [0.29, 0.717) is 11.5 Å². The fourth-order valence-corrected chi connectivity index (χ4v) is 7.52. The first-order valence-electron chi connectivity index (χ1n) is 16.4. The van der Waals surface area contributed by atoms with E-state index in [9.17, 15) is 0 Å². The van der Waals surface area contributed by atoms with Crippen LogP contribution in [0.3, 0.4) is 0 Å². The molecule has 0 aliphatic rings. The molecule has 0 saturated carbocycles. The van der Waals surface area contributed by atoms with Crippen molar-refractivity contribution in [3.63, 3.8) is 0 Å². The smallest absolute Gasteiger partial charge is 0.503 e. The Hall–Kier alpha value is -5.80. The van der Waals surface area contributed by atoms with Gasteiger partial charge in [-0.2, -0.15) is 6.07 Å². The van der Waals surface area contributed by atoms with Crippen LogP contribution >= 0.6 is 0 Å². The molecule has 4 heterocycles. The maximum Gasteiger partial charge on any atom is 2.00 e. The number of para-hydroxylation sites is 3. The number of pyridine rings is 2. The van der Waals surface area contributed by atoms with Gasteiger partial charge in [0.25, 0.3) is 0 Å². The number of hydrogen-bond acceptors (Lipinski definition) is 3. The summed E-state index contributed by atoms with van der Waals surface area (Å²) < 4.78 is 11.0. The molecule has 6 aromatic carbocycles. The van der Waals surface area contributed by atoms with Crippen molar-refractivity contribution < 1.29 is 25.2 Å². The molecule has 5 nitrogen and oxygen atoms in total. The molecule has 0 spiro atoms. The summed E-state index contributed by atoms with van der Waals surface area (Å²) in [5.74, 6) is 2.04. The van der Waals surface area contributed by atoms with Gasteiger partial charge in [0, 0.05) is 28.7 Å². The van der Waals surface area contributed by atoms with E-state index < -0.39 is 0 Å². The average Bonchev–Trinajstić information content (AvgIpc) is 3.68.